The van der Waals surface area contributed by atoms with Gasteiger partial charge in [0.25, 0.3) is 0 Å². The fraction of sp³-hybridized carbons (Fsp3) is 0.556. The number of piperazine rings is 1. The third-order valence-corrected chi connectivity index (χ3v) is 4.74. The van der Waals surface area contributed by atoms with Crippen LogP contribution in [0.2, 0.25) is 5.02 Å². The number of ether oxygens (including phenoxy) is 1. The molecule has 0 aliphatic carbocycles. The number of halogens is 1. The van der Waals surface area contributed by atoms with Gasteiger partial charge in [-0.3, -0.25) is 4.90 Å². The Balaban J connectivity index is 1.87. The Bertz CT molecular complexity index is 545. The summed E-state index contributed by atoms with van der Waals surface area (Å²) in [6, 6.07) is 8.23. The smallest absolute Gasteiger partial charge is 0.0702 e. The Labute approximate surface area is 138 Å². The SMILES string of the molecule is CC1(C)CC(c2ccc(Cl)cc2)=C(CN2CCNCC2)CO1. The minimum absolute atomic E-state index is 0.0953. The van der Waals surface area contributed by atoms with Crippen molar-refractivity contribution in [1.82, 2.24) is 10.2 Å². The van der Waals surface area contributed by atoms with Crippen LogP contribution in [0, 0.1) is 0 Å². The first-order valence-corrected chi connectivity index (χ1v) is 8.45. The number of nitrogens with zero attached hydrogens (tertiary/aromatic N) is 1. The fourth-order valence-corrected chi connectivity index (χ4v) is 3.33. The van der Waals surface area contributed by atoms with Gasteiger partial charge >= 0.3 is 0 Å². The summed E-state index contributed by atoms with van der Waals surface area (Å²) in [6.07, 6.45) is 0.954. The molecule has 1 fully saturated rings. The van der Waals surface area contributed by atoms with Gasteiger partial charge in [-0.05, 0) is 42.7 Å². The molecule has 1 aromatic rings. The topological polar surface area (TPSA) is 24.5 Å². The average molecular weight is 321 g/mol. The van der Waals surface area contributed by atoms with Gasteiger partial charge in [0.05, 0.1) is 12.2 Å². The summed E-state index contributed by atoms with van der Waals surface area (Å²) in [5, 5.41) is 4.20. The standard InChI is InChI=1S/C18H25ClN2O/c1-18(2)11-17(14-3-5-16(19)6-4-14)15(13-22-18)12-21-9-7-20-8-10-21/h3-6,20H,7-13H2,1-2H3. The van der Waals surface area contributed by atoms with Crippen molar-refractivity contribution in [3.63, 3.8) is 0 Å². The molecule has 1 aromatic carbocycles. The van der Waals surface area contributed by atoms with Crippen molar-refractivity contribution in [2.45, 2.75) is 25.9 Å². The minimum Gasteiger partial charge on any atom is -0.371 e. The van der Waals surface area contributed by atoms with E-state index in [1.807, 2.05) is 12.1 Å². The van der Waals surface area contributed by atoms with E-state index < -0.39 is 0 Å². The molecule has 2 heterocycles. The van der Waals surface area contributed by atoms with Crippen LogP contribution in [0.1, 0.15) is 25.8 Å². The van der Waals surface area contributed by atoms with Crippen LogP contribution in [0.3, 0.4) is 0 Å². The summed E-state index contributed by atoms with van der Waals surface area (Å²) < 4.78 is 6.07. The van der Waals surface area contributed by atoms with Gasteiger partial charge in [0.15, 0.2) is 0 Å². The maximum absolute atomic E-state index is 6.07. The normalized spacial score (nSPS) is 22.9. The molecule has 1 N–H and O–H groups in total. The summed E-state index contributed by atoms with van der Waals surface area (Å²) in [4.78, 5) is 2.52. The lowest BCUT2D eigenvalue weighted by Gasteiger charge is -2.36. The van der Waals surface area contributed by atoms with Crippen LogP contribution in [0.4, 0.5) is 0 Å². The molecule has 2 aliphatic rings. The van der Waals surface area contributed by atoms with E-state index in [1.54, 1.807) is 0 Å². The molecule has 3 nitrogen and oxygen atoms in total. The molecule has 0 unspecified atom stereocenters. The molecule has 22 heavy (non-hydrogen) atoms. The monoisotopic (exact) mass is 320 g/mol. The summed E-state index contributed by atoms with van der Waals surface area (Å²) in [7, 11) is 0. The summed E-state index contributed by atoms with van der Waals surface area (Å²) >= 11 is 6.04. The highest BCUT2D eigenvalue weighted by Gasteiger charge is 2.29. The largest absolute Gasteiger partial charge is 0.371 e. The zero-order chi connectivity index (χ0) is 15.6. The van der Waals surface area contributed by atoms with E-state index in [-0.39, 0.29) is 5.60 Å². The molecular formula is C18H25ClN2O. The lowest BCUT2D eigenvalue weighted by molar-refractivity contribution is -0.0102. The molecule has 1 saturated heterocycles. The number of hydrogen-bond acceptors (Lipinski definition) is 3. The zero-order valence-electron chi connectivity index (χ0n) is 13.5. The number of benzene rings is 1. The van der Waals surface area contributed by atoms with Crippen molar-refractivity contribution in [3.8, 4) is 0 Å². The van der Waals surface area contributed by atoms with Crippen LogP contribution in [0.25, 0.3) is 5.57 Å². The second kappa shape index (κ2) is 6.71. The molecule has 0 spiro atoms. The van der Waals surface area contributed by atoms with Gasteiger partial charge in [-0.1, -0.05) is 23.7 Å². The number of hydrogen-bond donors (Lipinski definition) is 1. The predicted octanol–water partition coefficient (Wildman–Crippen LogP) is 3.20. The van der Waals surface area contributed by atoms with Crippen LogP contribution in [0.15, 0.2) is 29.8 Å². The van der Waals surface area contributed by atoms with E-state index in [1.165, 1.54) is 16.7 Å². The number of rotatable bonds is 3. The van der Waals surface area contributed by atoms with Crippen LogP contribution in [0.5, 0.6) is 0 Å². The van der Waals surface area contributed by atoms with Gasteiger partial charge in [-0.25, -0.2) is 0 Å². The molecule has 3 rings (SSSR count). The van der Waals surface area contributed by atoms with E-state index in [9.17, 15) is 0 Å². The Morgan fingerprint density at radius 1 is 1.18 bits per heavy atom. The van der Waals surface area contributed by atoms with E-state index >= 15 is 0 Å². The van der Waals surface area contributed by atoms with Crippen LogP contribution in [-0.2, 0) is 4.74 Å². The van der Waals surface area contributed by atoms with E-state index in [2.05, 4.69) is 36.2 Å². The van der Waals surface area contributed by atoms with Gasteiger partial charge in [0.1, 0.15) is 0 Å². The second-order valence-corrected chi connectivity index (χ2v) is 7.28. The predicted molar refractivity (Wildman–Crippen MR) is 92.3 cm³/mol. The lowest BCUT2D eigenvalue weighted by Crippen LogP contribution is -2.45. The Morgan fingerprint density at radius 3 is 2.55 bits per heavy atom. The molecule has 0 atom stereocenters. The molecule has 0 aromatic heterocycles. The van der Waals surface area contributed by atoms with Crippen molar-refractivity contribution in [2.75, 3.05) is 39.3 Å². The maximum Gasteiger partial charge on any atom is 0.0702 e. The second-order valence-electron chi connectivity index (χ2n) is 6.84. The van der Waals surface area contributed by atoms with Crippen molar-refractivity contribution >= 4 is 17.2 Å². The Morgan fingerprint density at radius 2 is 1.86 bits per heavy atom. The summed E-state index contributed by atoms with van der Waals surface area (Å²) in [5.74, 6) is 0. The quantitative estimate of drug-likeness (QED) is 0.925. The molecule has 0 radical (unpaired) electrons. The number of nitrogens with one attached hydrogen (secondary N) is 1. The first-order chi connectivity index (χ1) is 10.5. The van der Waals surface area contributed by atoms with Crippen molar-refractivity contribution in [2.24, 2.45) is 0 Å². The average Bonchev–Trinajstić information content (AvgIpc) is 2.51. The Kier molecular flexibility index (Phi) is 4.88. The van der Waals surface area contributed by atoms with Crippen LogP contribution < -0.4 is 5.32 Å². The molecule has 4 heteroatoms. The highest BCUT2D eigenvalue weighted by atomic mass is 35.5. The lowest BCUT2D eigenvalue weighted by atomic mass is 9.87. The highest BCUT2D eigenvalue weighted by Crippen LogP contribution is 2.35. The zero-order valence-corrected chi connectivity index (χ0v) is 14.2. The van der Waals surface area contributed by atoms with Crippen molar-refractivity contribution in [3.05, 3.63) is 40.4 Å². The highest BCUT2D eigenvalue weighted by molar-refractivity contribution is 6.30. The van der Waals surface area contributed by atoms with Gasteiger partial charge in [0, 0.05) is 44.2 Å². The van der Waals surface area contributed by atoms with Gasteiger partial charge in [0.2, 0.25) is 0 Å². The Hall–Kier alpha value is -0.870. The third-order valence-electron chi connectivity index (χ3n) is 4.48. The molecule has 0 bridgehead atoms. The molecular weight excluding hydrogens is 296 g/mol. The first kappa shape index (κ1) is 16.0. The summed E-state index contributed by atoms with van der Waals surface area (Å²) in [5.41, 5.74) is 4.04. The van der Waals surface area contributed by atoms with Crippen LogP contribution >= 0.6 is 11.6 Å². The molecule has 120 valence electrons. The molecule has 0 amide bonds. The van der Waals surface area contributed by atoms with Gasteiger partial charge in [-0.15, -0.1) is 0 Å². The minimum atomic E-state index is -0.0953. The van der Waals surface area contributed by atoms with E-state index in [0.29, 0.717) is 0 Å². The third kappa shape index (κ3) is 3.90. The van der Waals surface area contributed by atoms with Crippen LogP contribution in [-0.4, -0.2) is 49.8 Å². The van der Waals surface area contributed by atoms with Gasteiger partial charge < -0.3 is 10.1 Å². The maximum atomic E-state index is 6.07. The molecule has 2 aliphatic heterocycles. The van der Waals surface area contributed by atoms with E-state index in [0.717, 1.165) is 50.8 Å². The van der Waals surface area contributed by atoms with Crippen molar-refractivity contribution < 1.29 is 4.74 Å². The summed E-state index contributed by atoms with van der Waals surface area (Å²) in [6.45, 7) is 10.5. The van der Waals surface area contributed by atoms with Gasteiger partial charge in [-0.2, -0.15) is 0 Å². The molecule has 0 saturated carbocycles. The first-order valence-electron chi connectivity index (χ1n) is 8.07. The fourth-order valence-electron chi connectivity index (χ4n) is 3.21. The van der Waals surface area contributed by atoms with Crippen molar-refractivity contribution in [1.29, 1.82) is 0 Å². The van der Waals surface area contributed by atoms with E-state index in [4.69, 9.17) is 16.3 Å².